The highest BCUT2D eigenvalue weighted by Crippen LogP contribution is 2.19. The van der Waals surface area contributed by atoms with Gasteiger partial charge in [0.15, 0.2) is 0 Å². The van der Waals surface area contributed by atoms with Crippen LogP contribution in [-0.4, -0.2) is 28.2 Å². The fraction of sp³-hybridized carbons (Fsp3) is 0.308. The molecule has 0 fully saturated rings. The molecule has 0 bridgehead atoms. The molecule has 4 nitrogen and oxygen atoms in total. The number of carbonyl (C=O) groups excluding carboxylic acids is 1. The van der Waals surface area contributed by atoms with Crippen LogP contribution in [-0.2, 0) is 7.05 Å². The van der Waals surface area contributed by atoms with E-state index in [1.807, 2.05) is 42.1 Å². The van der Waals surface area contributed by atoms with Crippen molar-refractivity contribution in [1.82, 2.24) is 9.88 Å². The van der Waals surface area contributed by atoms with E-state index in [0.29, 0.717) is 5.56 Å². The number of nitrogens with zero attached hydrogens (tertiary/aromatic N) is 1. The molecule has 17 heavy (non-hydrogen) atoms. The summed E-state index contributed by atoms with van der Waals surface area (Å²) < 4.78 is 1.92. The molecule has 0 radical (unpaired) electrons. The first-order valence-electron chi connectivity index (χ1n) is 5.60. The summed E-state index contributed by atoms with van der Waals surface area (Å²) >= 11 is 0. The normalized spacial score (nSPS) is 12.6. The number of nitrogens with one attached hydrogen (secondary N) is 1. The summed E-state index contributed by atoms with van der Waals surface area (Å²) in [5.41, 5.74) is 1.67. The first kappa shape index (κ1) is 11.7. The number of carbonyl (C=O) groups is 1. The van der Waals surface area contributed by atoms with Gasteiger partial charge in [0.05, 0.1) is 11.7 Å². The molecule has 0 spiro atoms. The number of rotatable bonds is 3. The predicted molar refractivity (Wildman–Crippen MR) is 66.9 cm³/mol. The van der Waals surface area contributed by atoms with E-state index in [1.165, 1.54) is 0 Å². The Kier molecular flexibility index (Phi) is 3.15. The fourth-order valence-corrected chi connectivity index (χ4v) is 1.86. The highest BCUT2D eigenvalue weighted by atomic mass is 16.3. The smallest absolute Gasteiger partial charge is 0.253 e. The molecular weight excluding hydrogens is 216 g/mol. The van der Waals surface area contributed by atoms with Crippen molar-refractivity contribution in [2.75, 3.05) is 6.54 Å². The van der Waals surface area contributed by atoms with Gasteiger partial charge >= 0.3 is 0 Å². The maximum atomic E-state index is 11.9. The van der Waals surface area contributed by atoms with Gasteiger partial charge < -0.3 is 15.0 Å². The number of aliphatic hydroxyl groups excluding tert-OH is 1. The zero-order valence-corrected chi connectivity index (χ0v) is 9.97. The van der Waals surface area contributed by atoms with Crippen LogP contribution in [0.1, 0.15) is 17.3 Å². The van der Waals surface area contributed by atoms with Gasteiger partial charge in [0.2, 0.25) is 0 Å². The number of aryl methyl sites for hydroxylation is 1. The van der Waals surface area contributed by atoms with E-state index in [0.717, 1.165) is 10.9 Å². The Labute approximate surface area is 99.9 Å². The summed E-state index contributed by atoms with van der Waals surface area (Å²) in [5, 5.41) is 12.8. The quantitative estimate of drug-likeness (QED) is 0.837. The van der Waals surface area contributed by atoms with Crippen molar-refractivity contribution in [2.45, 2.75) is 13.0 Å². The number of aliphatic hydroxyl groups is 1. The predicted octanol–water partition coefficient (Wildman–Crippen LogP) is 1.29. The Hall–Kier alpha value is -1.81. The number of benzene rings is 1. The molecule has 1 unspecified atom stereocenters. The molecule has 0 saturated carbocycles. The molecule has 2 N–H and O–H groups in total. The van der Waals surface area contributed by atoms with Crippen LogP contribution in [0.4, 0.5) is 0 Å². The zero-order valence-electron chi connectivity index (χ0n) is 9.97. The Bertz CT molecular complexity index is 543. The third-order valence-corrected chi connectivity index (χ3v) is 2.70. The number of fused-ring (bicyclic) bond motifs is 1. The zero-order chi connectivity index (χ0) is 12.4. The van der Waals surface area contributed by atoms with Gasteiger partial charge in [-0.25, -0.2) is 0 Å². The topological polar surface area (TPSA) is 54.3 Å². The van der Waals surface area contributed by atoms with E-state index in [4.69, 9.17) is 5.11 Å². The molecule has 1 aromatic carbocycles. The van der Waals surface area contributed by atoms with Crippen LogP contribution in [0.25, 0.3) is 10.9 Å². The highest BCUT2D eigenvalue weighted by molar-refractivity contribution is 6.06. The van der Waals surface area contributed by atoms with Crippen LogP contribution >= 0.6 is 0 Å². The summed E-state index contributed by atoms with van der Waals surface area (Å²) in [7, 11) is 1.91. The maximum absolute atomic E-state index is 11.9. The van der Waals surface area contributed by atoms with Crippen molar-refractivity contribution in [2.24, 2.45) is 7.05 Å². The molecule has 1 atom stereocenters. The standard InChI is InChI=1S/C13H16N2O2/c1-9(16)7-14-13(17)11-8-15(2)12-6-4-3-5-10(11)12/h3-6,8-9,16H,7H2,1-2H3,(H,14,17). The molecule has 0 aliphatic heterocycles. The first-order chi connectivity index (χ1) is 8.09. The van der Waals surface area contributed by atoms with Gasteiger partial charge in [-0.15, -0.1) is 0 Å². The summed E-state index contributed by atoms with van der Waals surface area (Å²) in [6, 6.07) is 7.75. The number of para-hydroxylation sites is 1. The minimum Gasteiger partial charge on any atom is -0.392 e. The van der Waals surface area contributed by atoms with E-state index < -0.39 is 6.10 Å². The van der Waals surface area contributed by atoms with Crippen LogP contribution in [0.15, 0.2) is 30.5 Å². The first-order valence-corrected chi connectivity index (χ1v) is 5.60. The van der Waals surface area contributed by atoms with Gasteiger partial charge in [-0.05, 0) is 13.0 Å². The van der Waals surface area contributed by atoms with Crippen molar-refractivity contribution in [3.05, 3.63) is 36.0 Å². The van der Waals surface area contributed by atoms with Gasteiger partial charge in [0.1, 0.15) is 0 Å². The molecule has 0 aliphatic rings. The lowest BCUT2D eigenvalue weighted by atomic mass is 10.1. The van der Waals surface area contributed by atoms with Crippen LogP contribution < -0.4 is 5.32 Å². The summed E-state index contributed by atoms with van der Waals surface area (Å²) in [5.74, 6) is -0.150. The lowest BCUT2D eigenvalue weighted by molar-refractivity contribution is 0.0925. The molecule has 0 saturated heterocycles. The minimum atomic E-state index is -0.533. The number of hydrogen-bond acceptors (Lipinski definition) is 2. The van der Waals surface area contributed by atoms with Gasteiger partial charge in [0, 0.05) is 30.7 Å². The SMILES string of the molecule is CC(O)CNC(=O)c1cn(C)c2ccccc12. The number of hydrogen-bond donors (Lipinski definition) is 2. The van der Waals surface area contributed by atoms with E-state index in [9.17, 15) is 4.79 Å². The van der Waals surface area contributed by atoms with E-state index in [-0.39, 0.29) is 12.5 Å². The lowest BCUT2D eigenvalue weighted by Gasteiger charge is -2.05. The van der Waals surface area contributed by atoms with Gasteiger partial charge in [-0.2, -0.15) is 0 Å². The Morgan fingerprint density at radius 2 is 2.18 bits per heavy atom. The average molecular weight is 232 g/mol. The van der Waals surface area contributed by atoms with Crippen molar-refractivity contribution in [3.8, 4) is 0 Å². The average Bonchev–Trinajstić information content (AvgIpc) is 2.65. The molecule has 1 amide bonds. The summed E-state index contributed by atoms with van der Waals surface area (Å²) in [6.45, 7) is 1.91. The second-order valence-corrected chi connectivity index (χ2v) is 4.23. The molecule has 0 aliphatic carbocycles. The largest absolute Gasteiger partial charge is 0.392 e. The van der Waals surface area contributed by atoms with Gasteiger partial charge in [-0.3, -0.25) is 4.79 Å². The molecule has 4 heteroatoms. The van der Waals surface area contributed by atoms with E-state index in [2.05, 4.69) is 5.32 Å². The molecule has 2 aromatic rings. The van der Waals surface area contributed by atoms with Crippen LogP contribution in [0.2, 0.25) is 0 Å². The van der Waals surface area contributed by atoms with Crippen LogP contribution in [0, 0.1) is 0 Å². The Morgan fingerprint density at radius 1 is 1.47 bits per heavy atom. The van der Waals surface area contributed by atoms with E-state index in [1.54, 1.807) is 6.92 Å². The molecule has 2 rings (SSSR count). The minimum absolute atomic E-state index is 0.150. The van der Waals surface area contributed by atoms with Crippen molar-refractivity contribution in [3.63, 3.8) is 0 Å². The Balaban J connectivity index is 2.32. The molecular formula is C13H16N2O2. The van der Waals surface area contributed by atoms with Crippen molar-refractivity contribution >= 4 is 16.8 Å². The third-order valence-electron chi connectivity index (χ3n) is 2.70. The second-order valence-electron chi connectivity index (χ2n) is 4.23. The summed E-state index contributed by atoms with van der Waals surface area (Å²) in [6.07, 6.45) is 1.27. The molecule has 90 valence electrons. The second kappa shape index (κ2) is 4.59. The van der Waals surface area contributed by atoms with Crippen molar-refractivity contribution in [1.29, 1.82) is 0 Å². The van der Waals surface area contributed by atoms with E-state index >= 15 is 0 Å². The maximum Gasteiger partial charge on any atom is 0.253 e. The van der Waals surface area contributed by atoms with Gasteiger partial charge in [0.25, 0.3) is 5.91 Å². The third kappa shape index (κ3) is 2.31. The summed E-state index contributed by atoms with van der Waals surface area (Å²) in [4.78, 5) is 11.9. The van der Waals surface area contributed by atoms with Crippen LogP contribution in [0.5, 0.6) is 0 Å². The van der Waals surface area contributed by atoms with Gasteiger partial charge in [-0.1, -0.05) is 18.2 Å². The van der Waals surface area contributed by atoms with Crippen molar-refractivity contribution < 1.29 is 9.90 Å². The number of aromatic nitrogens is 1. The Morgan fingerprint density at radius 3 is 2.88 bits per heavy atom. The highest BCUT2D eigenvalue weighted by Gasteiger charge is 2.13. The monoisotopic (exact) mass is 232 g/mol. The lowest BCUT2D eigenvalue weighted by Crippen LogP contribution is -2.30. The number of amides is 1. The van der Waals surface area contributed by atoms with Crippen LogP contribution in [0.3, 0.4) is 0 Å². The molecule has 1 heterocycles. The fourth-order valence-electron chi connectivity index (χ4n) is 1.86. The molecule has 1 aromatic heterocycles.